The van der Waals surface area contributed by atoms with Crippen molar-refractivity contribution in [3.63, 3.8) is 0 Å². The molecular weight excluding hydrogens is 178 g/mol. The smallest absolute Gasteiger partial charge is 0.312 e. The Morgan fingerprint density at radius 1 is 1.36 bits per heavy atom. The van der Waals surface area contributed by atoms with E-state index >= 15 is 0 Å². The van der Waals surface area contributed by atoms with E-state index in [1.54, 1.807) is 0 Å². The van der Waals surface area contributed by atoms with Gasteiger partial charge < -0.3 is 10.3 Å². The van der Waals surface area contributed by atoms with Gasteiger partial charge in [-0.1, -0.05) is 0 Å². The molecule has 2 N–H and O–H groups in total. The predicted molar refractivity (Wildman–Crippen MR) is 52.2 cm³/mol. The lowest BCUT2D eigenvalue weighted by atomic mass is 10.0. The van der Waals surface area contributed by atoms with Gasteiger partial charge >= 0.3 is 5.69 Å². The van der Waals surface area contributed by atoms with Gasteiger partial charge in [0.1, 0.15) is 0 Å². The van der Waals surface area contributed by atoms with E-state index in [9.17, 15) is 4.79 Å². The van der Waals surface area contributed by atoms with Crippen LogP contribution in [0.5, 0.6) is 0 Å². The summed E-state index contributed by atoms with van der Waals surface area (Å²) in [6, 6.07) is 0. The van der Waals surface area contributed by atoms with E-state index in [1.807, 2.05) is 0 Å². The van der Waals surface area contributed by atoms with Crippen molar-refractivity contribution < 1.29 is 0 Å². The summed E-state index contributed by atoms with van der Waals surface area (Å²) in [5.74, 6) is 0.561. The fourth-order valence-electron chi connectivity index (χ4n) is 2.10. The molecule has 0 radical (unpaired) electrons. The second kappa shape index (κ2) is 2.92. The Kier molecular flexibility index (Phi) is 1.70. The number of hydrogen-bond acceptors (Lipinski definition) is 3. The molecule has 14 heavy (non-hydrogen) atoms. The van der Waals surface area contributed by atoms with Gasteiger partial charge in [-0.25, -0.2) is 4.79 Å². The summed E-state index contributed by atoms with van der Waals surface area (Å²) < 4.78 is 0. The molecule has 1 aromatic rings. The average Bonchev–Trinajstić information content (AvgIpc) is 2.99. The van der Waals surface area contributed by atoms with Crippen molar-refractivity contribution in [1.29, 1.82) is 0 Å². The van der Waals surface area contributed by atoms with Crippen LogP contribution >= 0.6 is 0 Å². The monoisotopic (exact) mass is 191 g/mol. The molecule has 1 aliphatic carbocycles. The zero-order valence-corrected chi connectivity index (χ0v) is 7.97. The number of hydrogen-bond donors (Lipinski definition) is 2. The zero-order chi connectivity index (χ0) is 9.54. The lowest BCUT2D eigenvalue weighted by Gasteiger charge is -2.18. The van der Waals surface area contributed by atoms with Gasteiger partial charge in [-0.3, -0.25) is 0 Å². The molecule has 0 bridgehead atoms. The van der Waals surface area contributed by atoms with E-state index in [0.29, 0.717) is 5.92 Å². The van der Waals surface area contributed by atoms with Crippen LogP contribution in [-0.2, 0) is 13.0 Å². The van der Waals surface area contributed by atoms with E-state index in [0.717, 1.165) is 30.9 Å². The van der Waals surface area contributed by atoms with Crippen LogP contribution in [0.2, 0.25) is 0 Å². The Labute approximate surface area is 81.8 Å². The lowest BCUT2D eigenvalue weighted by Crippen LogP contribution is -2.30. The van der Waals surface area contributed by atoms with Gasteiger partial charge in [0.05, 0.1) is 5.69 Å². The lowest BCUT2D eigenvalue weighted by molar-refractivity contribution is 0.612. The van der Waals surface area contributed by atoms with E-state index in [1.165, 1.54) is 18.4 Å². The maximum Gasteiger partial charge on any atom is 0.345 e. The van der Waals surface area contributed by atoms with E-state index in [2.05, 4.69) is 15.3 Å². The first-order chi connectivity index (χ1) is 6.84. The van der Waals surface area contributed by atoms with Crippen LogP contribution in [0.3, 0.4) is 0 Å². The molecule has 2 aliphatic rings. The molecule has 74 valence electrons. The van der Waals surface area contributed by atoms with Crippen molar-refractivity contribution >= 4 is 0 Å². The van der Waals surface area contributed by atoms with Crippen molar-refractivity contribution in [2.75, 3.05) is 6.54 Å². The first-order valence-corrected chi connectivity index (χ1v) is 5.17. The number of aromatic amines is 1. The molecule has 0 unspecified atom stereocenters. The molecule has 0 aromatic carbocycles. The van der Waals surface area contributed by atoms with Gasteiger partial charge in [0.25, 0.3) is 0 Å². The van der Waals surface area contributed by atoms with Crippen molar-refractivity contribution in [1.82, 2.24) is 15.3 Å². The second-order valence-electron chi connectivity index (χ2n) is 4.09. The number of H-pyrrole nitrogens is 1. The summed E-state index contributed by atoms with van der Waals surface area (Å²) in [7, 11) is 0. The first kappa shape index (κ1) is 8.17. The van der Waals surface area contributed by atoms with E-state index in [-0.39, 0.29) is 5.69 Å². The van der Waals surface area contributed by atoms with Crippen LogP contribution in [0.1, 0.15) is 35.7 Å². The second-order valence-corrected chi connectivity index (χ2v) is 4.09. The SMILES string of the molecule is O=c1nc(C2CC2)c2c([nH]1)CCNC2. The van der Waals surface area contributed by atoms with Gasteiger partial charge in [-0.15, -0.1) is 0 Å². The van der Waals surface area contributed by atoms with E-state index in [4.69, 9.17) is 0 Å². The molecule has 3 rings (SSSR count). The first-order valence-electron chi connectivity index (χ1n) is 5.17. The molecule has 1 saturated carbocycles. The van der Waals surface area contributed by atoms with Crippen LogP contribution in [0, 0.1) is 0 Å². The molecule has 4 heteroatoms. The summed E-state index contributed by atoms with van der Waals surface area (Å²) in [6.45, 7) is 1.82. The van der Waals surface area contributed by atoms with Crippen molar-refractivity contribution in [2.24, 2.45) is 0 Å². The highest BCUT2D eigenvalue weighted by Crippen LogP contribution is 2.40. The quantitative estimate of drug-likeness (QED) is 0.671. The number of rotatable bonds is 1. The van der Waals surface area contributed by atoms with Crippen LogP contribution < -0.4 is 11.0 Å². The molecule has 0 spiro atoms. The molecular formula is C10H13N3O. The van der Waals surface area contributed by atoms with Crippen LogP contribution in [0.25, 0.3) is 0 Å². The molecule has 1 aliphatic heterocycles. The Balaban J connectivity index is 2.16. The molecule has 4 nitrogen and oxygen atoms in total. The van der Waals surface area contributed by atoms with Gasteiger partial charge in [0.2, 0.25) is 0 Å². The summed E-state index contributed by atoms with van der Waals surface area (Å²) in [4.78, 5) is 18.2. The Morgan fingerprint density at radius 3 is 3.00 bits per heavy atom. The van der Waals surface area contributed by atoms with Crippen LogP contribution in [0.15, 0.2) is 4.79 Å². The van der Waals surface area contributed by atoms with Gasteiger partial charge in [0.15, 0.2) is 0 Å². The van der Waals surface area contributed by atoms with Gasteiger partial charge in [0, 0.05) is 36.7 Å². The van der Waals surface area contributed by atoms with Crippen molar-refractivity contribution in [3.05, 3.63) is 27.4 Å². The third kappa shape index (κ3) is 1.26. The molecule has 0 amide bonds. The van der Waals surface area contributed by atoms with Crippen LogP contribution in [0.4, 0.5) is 0 Å². The highest BCUT2D eigenvalue weighted by molar-refractivity contribution is 5.31. The van der Waals surface area contributed by atoms with Crippen molar-refractivity contribution in [3.8, 4) is 0 Å². The maximum absolute atomic E-state index is 11.3. The molecule has 0 atom stereocenters. The normalized spacial score (nSPS) is 20.6. The molecule has 2 heterocycles. The summed E-state index contributed by atoms with van der Waals surface area (Å²) in [6.07, 6.45) is 3.32. The summed E-state index contributed by atoms with van der Waals surface area (Å²) in [5, 5.41) is 3.32. The van der Waals surface area contributed by atoms with Crippen LogP contribution in [-0.4, -0.2) is 16.5 Å². The summed E-state index contributed by atoms with van der Waals surface area (Å²) in [5.41, 5.74) is 3.23. The zero-order valence-electron chi connectivity index (χ0n) is 7.97. The predicted octanol–water partition coefficient (Wildman–Crippen LogP) is 0.293. The Morgan fingerprint density at radius 2 is 2.21 bits per heavy atom. The largest absolute Gasteiger partial charge is 0.345 e. The van der Waals surface area contributed by atoms with E-state index < -0.39 is 0 Å². The standard InChI is InChI=1S/C10H13N3O/c14-10-12-8-3-4-11-5-7(8)9(13-10)6-1-2-6/h6,11H,1-5H2,(H,12,13,14). The van der Waals surface area contributed by atoms with Gasteiger partial charge in [-0.2, -0.15) is 4.98 Å². The highest BCUT2D eigenvalue weighted by atomic mass is 16.1. The minimum absolute atomic E-state index is 0.174. The third-order valence-corrected chi connectivity index (χ3v) is 2.97. The molecule has 1 fully saturated rings. The fraction of sp³-hybridized carbons (Fsp3) is 0.600. The summed E-state index contributed by atoms with van der Waals surface area (Å²) >= 11 is 0. The number of nitrogens with zero attached hydrogens (tertiary/aromatic N) is 1. The topological polar surface area (TPSA) is 57.8 Å². The minimum Gasteiger partial charge on any atom is -0.312 e. The Hall–Kier alpha value is -1.16. The molecule has 1 aromatic heterocycles. The highest BCUT2D eigenvalue weighted by Gasteiger charge is 2.30. The third-order valence-electron chi connectivity index (χ3n) is 2.97. The number of aromatic nitrogens is 2. The average molecular weight is 191 g/mol. The fourth-order valence-corrected chi connectivity index (χ4v) is 2.10. The number of fused-ring (bicyclic) bond motifs is 1. The minimum atomic E-state index is -0.174. The van der Waals surface area contributed by atoms with Crippen molar-refractivity contribution in [2.45, 2.75) is 31.7 Å². The number of nitrogens with one attached hydrogen (secondary N) is 2. The van der Waals surface area contributed by atoms with Gasteiger partial charge in [-0.05, 0) is 12.8 Å². The maximum atomic E-state index is 11.3. The Bertz CT molecular complexity index is 420. The molecule has 0 saturated heterocycles.